The summed E-state index contributed by atoms with van der Waals surface area (Å²) in [7, 11) is -3.14. The van der Waals surface area contributed by atoms with Crippen LogP contribution in [0.25, 0.3) is 0 Å². The van der Waals surface area contributed by atoms with Crippen molar-refractivity contribution in [2.45, 2.75) is 20.0 Å². The first-order chi connectivity index (χ1) is 11.9. The van der Waals surface area contributed by atoms with Gasteiger partial charge in [-0.25, -0.2) is 0 Å². The molecule has 0 atom stereocenters. The van der Waals surface area contributed by atoms with Gasteiger partial charge in [-0.3, -0.25) is 4.57 Å². The van der Waals surface area contributed by atoms with E-state index in [-0.39, 0.29) is 11.9 Å². The summed E-state index contributed by atoms with van der Waals surface area (Å²) in [5, 5.41) is 9.36. The van der Waals surface area contributed by atoms with E-state index in [0.717, 1.165) is 18.5 Å². The fraction of sp³-hybridized carbons (Fsp3) is 0.294. The summed E-state index contributed by atoms with van der Waals surface area (Å²) in [6.07, 6.45) is 0.222. The van der Waals surface area contributed by atoms with Gasteiger partial charge in [0.1, 0.15) is 11.5 Å². The number of benzene rings is 2. The quantitative estimate of drug-likeness (QED) is 0.296. The Hall–Kier alpha value is -0.350. The molecule has 0 aromatic heterocycles. The van der Waals surface area contributed by atoms with Crippen LogP contribution in [0.1, 0.15) is 19.4 Å². The van der Waals surface area contributed by atoms with Crippen LogP contribution in [0.15, 0.2) is 36.4 Å². The fourth-order valence-electron chi connectivity index (χ4n) is 2.18. The van der Waals surface area contributed by atoms with E-state index in [2.05, 4.69) is 45.2 Å². The lowest BCUT2D eigenvalue weighted by molar-refractivity contribution is 0.219. The molecule has 0 radical (unpaired) electrons. The molecule has 0 saturated carbocycles. The molecule has 2 aromatic rings. The molecule has 0 aliphatic heterocycles. The third kappa shape index (κ3) is 6.09. The molecular formula is C17H19I2O5P. The van der Waals surface area contributed by atoms with E-state index in [0.29, 0.717) is 19.0 Å². The Balaban J connectivity index is 2.24. The molecule has 2 rings (SSSR count). The normalized spacial score (nSPS) is 11.5. The Bertz CT molecular complexity index is 731. The number of phenols is 1. The van der Waals surface area contributed by atoms with Gasteiger partial charge in [0.05, 0.1) is 26.5 Å². The highest BCUT2D eigenvalue weighted by atomic mass is 127. The van der Waals surface area contributed by atoms with Crippen LogP contribution >= 0.6 is 52.8 Å². The standard InChI is InChI=1S/C17H19I2O5P/c1-3-22-25(21,23-4-2)11-12-9-15(18)17(16(19)10-12)24-14-7-5-13(20)6-8-14/h5-10,20H,3-4,11H2,1-2H3. The molecule has 0 aliphatic carbocycles. The van der Waals surface area contributed by atoms with Crippen LogP contribution in [-0.2, 0) is 19.8 Å². The number of phenolic OH excluding ortho intramolecular Hbond substituents is 1. The minimum atomic E-state index is -3.14. The van der Waals surface area contributed by atoms with Gasteiger partial charge in [-0.1, -0.05) is 0 Å². The molecule has 5 nitrogen and oxygen atoms in total. The molecule has 25 heavy (non-hydrogen) atoms. The zero-order chi connectivity index (χ0) is 18.4. The Morgan fingerprint density at radius 2 is 1.52 bits per heavy atom. The van der Waals surface area contributed by atoms with Gasteiger partial charge >= 0.3 is 7.60 Å². The smallest absolute Gasteiger partial charge is 0.335 e. The lowest BCUT2D eigenvalue weighted by Gasteiger charge is -2.18. The monoisotopic (exact) mass is 588 g/mol. The van der Waals surface area contributed by atoms with Crippen LogP contribution in [0.5, 0.6) is 17.2 Å². The van der Waals surface area contributed by atoms with Crippen molar-refractivity contribution in [1.29, 1.82) is 0 Å². The zero-order valence-corrected chi connectivity index (χ0v) is 19.1. The molecule has 0 saturated heterocycles. The molecule has 0 unspecified atom stereocenters. The van der Waals surface area contributed by atoms with Crippen LogP contribution < -0.4 is 4.74 Å². The number of hydrogen-bond acceptors (Lipinski definition) is 5. The van der Waals surface area contributed by atoms with Gasteiger partial charge in [-0.15, -0.1) is 0 Å². The van der Waals surface area contributed by atoms with E-state index < -0.39 is 7.60 Å². The van der Waals surface area contributed by atoms with E-state index in [1.807, 2.05) is 12.1 Å². The molecule has 0 spiro atoms. The summed E-state index contributed by atoms with van der Waals surface area (Å²) in [6, 6.07) is 10.4. The topological polar surface area (TPSA) is 65.0 Å². The predicted octanol–water partition coefficient (Wildman–Crippen LogP) is 6.16. The molecular weight excluding hydrogens is 569 g/mol. The van der Waals surface area contributed by atoms with E-state index in [1.54, 1.807) is 38.1 Å². The van der Waals surface area contributed by atoms with Crippen molar-refractivity contribution in [3.05, 3.63) is 49.1 Å². The van der Waals surface area contributed by atoms with Gasteiger partial charge in [0.25, 0.3) is 0 Å². The van der Waals surface area contributed by atoms with E-state index >= 15 is 0 Å². The number of rotatable bonds is 8. The number of hydrogen-bond donors (Lipinski definition) is 1. The van der Waals surface area contributed by atoms with Crippen molar-refractivity contribution in [3.8, 4) is 17.2 Å². The molecule has 0 amide bonds. The zero-order valence-electron chi connectivity index (χ0n) is 13.9. The Labute approximate surface area is 174 Å². The maximum Gasteiger partial charge on any atom is 0.335 e. The van der Waals surface area contributed by atoms with Crippen molar-refractivity contribution in [2.24, 2.45) is 0 Å². The first-order valence-corrected chi connectivity index (χ1v) is 11.6. The van der Waals surface area contributed by atoms with Crippen molar-refractivity contribution >= 4 is 52.8 Å². The number of aromatic hydroxyl groups is 1. The number of halogens is 2. The summed E-state index contributed by atoms with van der Waals surface area (Å²) in [6.45, 7) is 4.28. The first kappa shape index (κ1) is 21.0. The Morgan fingerprint density at radius 1 is 1.00 bits per heavy atom. The van der Waals surface area contributed by atoms with Crippen molar-refractivity contribution in [3.63, 3.8) is 0 Å². The first-order valence-electron chi connectivity index (χ1n) is 7.69. The van der Waals surface area contributed by atoms with Crippen LogP contribution in [0.4, 0.5) is 0 Å². The molecule has 8 heteroatoms. The van der Waals surface area contributed by atoms with Gasteiger partial charge < -0.3 is 18.9 Å². The molecule has 0 heterocycles. The third-order valence-corrected chi connectivity index (χ3v) is 6.80. The SMILES string of the molecule is CCOP(=O)(Cc1cc(I)c(Oc2ccc(O)cc2)c(I)c1)OCC. The van der Waals surface area contributed by atoms with E-state index in [1.165, 1.54) is 0 Å². The second-order valence-corrected chi connectivity index (χ2v) is 9.47. The van der Waals surface area contributed by atoms with Gasteiger partial charge in [-0.2, -0.15) is 0 Å². The van der Waals surface area contributed by atoms with Crippen LogP contribution in [0, 0.1) is 7.14 Å². The second kappa shape index (κ2) is 9.55. The van der Waals surface area contributed by atoms with Gasteiger partial charge in [0, 0.05) is 0 Å². The van der Waals surface area contributed by atoms with Crippen LogP contribution in [0.2, 0.25) is 0 Å². The van der Waals surface area contributed by atoms with Crippen LogP contribution in [-0.4, -0.2) is 18.3 Å². The summed E-state index contributed by atoms with van der Waals surface area (Å²) in [5.74, 6) is 1.55. The highest BCUT2D eigenvalue weighted by molar-refractivity contribution is 14.1. The lowest BCUT2D eigenvalue weighted by Crippen LogP contribution is -2.00. The molecule has 0 fully saturated rings. The van der Waals surface area contributed by atoms with Gasteiger partial charge in [0.15, 0.2) is 5.75 Å². The molecule has 136 valence electrons. The van der Waals surface area contributed by atoms with Crippen molar-refractivity contribution in [2.75, 3.05) is 13.2 Å². The Morgan fingerprint density at radius 3 is 2.00 bits per heavy atom. The highest BCUT2D eigenvalue weighted by Crippen LogP contribution is 2.51. The molecule has 0 bridgehead atoms. The minimum absolute atomic E-state index is 0.190. The minimum Gasteiger partial charge on any atom is -0.508 e. The summed E-state index contributed by atoms with van der Waals surface area (Å²) in [5.41, 5.74) is 0.872. The maximum atomic E-state index is 12.7. The largest absolute Gasteiger partial charge is 0.508 e. The average Bonchev–Trinajstić information content (AvgIpc) is 2.53. The third-order valence-electron chi connectivity index (χ3n) is 3.14. The predicted molar refractivity (Wildman–Crippen MR) is 115 cm³/mol. The Kier molecular flexibility index (Phi) is 8.00. The maximum absolute atomic E-state index is 12.7. The fourth-order valence-corrected chi connectivity index (χ4v) is 5.97. The van der Waals surface area contributed by atoms with E-state index in [4.69, 9.17) is 13.8 Å². The van der Waals surface area contributed by atoms with Crippen molar-refractivity contribution < 1.29 is 23.5 Å². The molecule has 1 N–H and O–H groups in total. The molecule has 2 aromatic carbocycles. The van der Waals surface area contributed by atoms with Crippen molar-refractivity contribution in [1.82, 2.24) is 0 Å². The average molecular weight is 588 g/mol. The molecule has 0 aliphatic rings. The summed E-state index contributed by atoms with van der Waals surface area (Å²) in [4.78, 5) is 0. The second-order valence-electron chi connectivity index (χ2n) is 5.09. The van der Waals surface area contributed by atoms with Gasteiger partial charge in [0.2, 0.25) is 0 Å². The highest BCUT2D eigenvalue weighted by Gasteiger charge is 2.25. The number of ether oxygens (including phenoxy) is 1. The lowest BCUT2D eigenvalue weighted by atomic mass is 10.2. The summed E-state index contributed by atoms with van der Waals surface area (Å²) >= 11 is 4.38. The summed E-state index contributed by atoms with van der Waals surface area (Å²) < 4.78 is 31.1. The van der Waals surface area contributed by atoms with Gasteiger partial charge in [-0.05, 0) is 101 Å². The van der Waals surface area contributed by atoms with E-state index in [9.17, 15) is 9.67 Å². The van der Waals surface area contributed by atoms with Crippen LogP contribution in [0.3, 0.4) is 0 Å².